The predicted molar refractivity (Wildman–Crippen MR) is 75.8 cm³/mol. The molecule has 0 unspecified atom stereocenters. The summed E-state index contributed by atoms with van der Waals surface area (Å²) in [6.45, 7) is 2.89. The highest BCUT2D eigenvalue weighted by molar-refractivity contribution is 5.84. The molecule has 0 spiro atoms. The molecule has 7 nitrogen and oxygen atoms in total. The molecule has 2 heterocycles. The Bertz CT molecular complexity index is 839. The lowest BCUT2D eigenvalue weighted by Gasteiger charge is -2.05. The van der Waals surface area contributed by atoms with Gasteiger partial charge in [0.05, 0.1) is 12.6 Å². The summed E-state index contributed by atoms with van der Waals surface area (Å²) >= 11 is 0. The number of methoxy groups -OCH3 is 1. The van der Waals surface area contributed by atoms with E-state index in [0.717, 1.165) is 5.52 Å². The Hall–Kier alpha value is -2.77. The molecule has 3 aromatic rings. The van der Waals surface area contributed by atoms with Crippen molar-refractivity contribution in [1.29, 1.82) is 0 Å². The average Bonchev–Trinajstić information content (AvgIpc) is 3.12. The summed E-state index contributed by atoms with van der Waals surface area (Å²) in [7, 11) is 1.27. The number of aromatic nitrogens is 5. The number of esters is 1. The van der Waals surface area contributed by atoms with Gasteiger partial charge in [0.2, 0.25) is 0 Å². The van der Waals surface area contributed by atoms with E-state index >= 15 is 0 Å². The molecule has 2 aromatic heterocycles. The Morgan fingerprint density at radius 3 is 2.95 bits per heavy atom. The largest absolute Gasteiger partial charge is 0.463 e. The van der Waals surface area contributed by atoms with Crippen LogP contribution in [0.25, 0.3) is 11.0 Å². The van der Waals surface area contributed by atoms with Gasteiger partial charge in [0, 0.05) is 6.54 Å². The minimum absolute atomic E-state index is 0.0205. The second-order valence-electron chi connectivity index (χ2n) is 4.64. The molecular weight excluding hydrogens is 289 g/mol. The summed E-state index contributed by atoms with van der Waals surface area (Å²) in [5, 5.41) is 4.03. The Balaban J connectivity index is 1.98. The molecule has 1 aromatic carbocycles. The number of carbonyl (C=O) groups excluding carboxylic acids is 1. The van der Waals surface area contributed by atoms with Crippen LogP contribution < -0.4 is 0 Å². The number of fused-ring (bicyclic) bond motifs is 1. The van der Waals surface area contributed by atoms with E-state index in [1.807, 2.05) is 17.6 Å². The van der Waals surface area contributed by atoms with Gasteiger partial charge in [0.25, 0.3) is 5.82 Å². The van der Waals surface area contributed by atoms with Gasteiger partial charge in [-0.1, -0.05) is 6.07 Å². The number of hydrogen-bond acceptors (Lipinski definition) is 5. The molecule has 0 fully saturated rings. The van der Waals surface area contributed by atoms with Crippen LogP contribution in [0.1, 0.15) is 23.4 Å². The summed E-state index contributed by atoms with van der Waals surface area (Å²) in [5.74, 6) is -0.342. The van der Waals surface area contributed by atoms with Crippen molar-refractivity contribution >= 4 is 17.0 Å². The van der Waals surface area contributed by atoms with Gasteiger partial charge in [-0.2, -0.15) is 0 Å². The molecule has 0 amide bonds. The number of ether oxygens (including phenoxy) is 1. The van der Waals surface area contributed by atoms with E-state index in [1.54, 1.807) is 6.07 Å². The standard InChI is InChI=1S/C14H14FN5O2/c1-3-20-10-6-4-5-9(15)12(10)17-11(20)7-19-8-16-13(18-19)14(21)22-2/h4-6,8H,3,7H2,1-2H3. The smallest absolute Gasteiger partial charge is 0.377 e. The lowest BCUT2D eigenvalue weighted by molar-refractivity contribution is 0.0586. The number of aryl methyl sites for hydroxylation is 1. The molecule has 8 heteroatoms. The van der Waals surface area contributed by atoms with Crippen LogP contribution in [0.4, 0.5) is 4.39 Å². The van der Waals surface area contributed by atoms with Gasteiger partial charge >= 0.3 is 5.97 Å². The van der Waals surface area contributed by atoms with Gasteiger partial charge < -0.3 is 9.30 Å². The summed E-state index contributed by atoms with van der Waals surface area (Å²) in [6, 6.07) is 4.85. The lowest BCUT2D eigenvalue weighted by Crippen LogP contribution is -2.10. The molecule has 0 aliphatic rings. The third kappa shape index (κ3) is 2.32. The summed E-state index contributed by atoms with van der Waals surface area (Å²) in [5.41, 5.74) is 1.05. The van der Waals surface area contributed by atoms with Crippen LogP contribution in [0.3, 0.4) is 0 Å². The fourth-order valence-corrected chi connectivity index (χ4v) is 2.33. The molecule has 0 saturated heterocycles. The van der Waals surface area contributed by atoms with Gasteiger partial charge in [-0.3, -0.25) is 0 Å². The van der Waals surface area contributed by atoms with Crippen LogP contribution in [0.15, 0.2) is 24.5 Å². The third-order valence-electron chi connectivity index (χ3n) is 3.33. The minimum Gasteiger partial charge on any atom is -0.463 e. The van der Waals surface area contributed by atoms with E-state index in [4.69, 9.17) is 0 Å². The van der Waals surface area contributed by atoms with Crippen molar-refractivity contribution in [1.82, 2.24) is 24.3 Å². The van der Waals surface area contributed by atoms with Gasteiger partial charge in [-0.05, 0) is 19.1 Å². The fourth-order valence-electron chi connectivity index (χ4n) is 2.33. The van der Waals surface area contributed by atoms with E-state index < -0.39 is 5.97 Å². The van der Waals surface area contributed by atoms with Crippen LogP contribution in [0.2, 0.25) is 0 Å². The maximum Gasteiger partial charge on any atom is 0.377 e. The zero-order chi connectivity index (χ0) is 15.7. The molecule has 0 atom stereocenters. The second-order valence-corrected chi connectivity index (χ2v) is 4.64. The van der Waals surface area contributed by atoms with Crippen molar-refractivity contribution < 1.29 is 13.9 Å². The van der Waals surface area contributed by atoms with Crippen molar-refractivity contribution in [3.63, 3.8) is 0 Å². The van der Waals surface area contributed by atoms with E-state index in [9.17, 15) is 9.18 Å². The first-order valence-corrected chi connectivity index (χ1v) is 6.75. The molecule has 0 aliphatic carbocycles. The molecule has 0 N–H and O–H groups in total. The quantitative estimate of drug-likeness (QED) is 0.685. The Morgan fingerprint density at radius 2 is 2.23 bits per heavy atom. The number of carbonyl (C=O) groups is 1. The van der Waals surface area contributed by atoms with Crippen LogP contribution in [-0.4, -0.2) is 37.4 Å². The fraction of sp³-hybridized carbons (Fsp3) is 0.286. The minimum atomic E-state index is -0.603. The zero-order valence-electron chi connectivity index (χ0n) is 12.2. The maximum absolute atomic E-state index is 13.8. The molecule has 0 radical (unpaired) electrons. The molecule has 0 aliphatic heterocycles. The van der Waals surface area contributed by atoms with Crippen molar-refractivity contribution in [2.24, 2.45) is 0 Å². The van der Waals surface area contributed by atoms with Gasteiger partial charge in [-0.25, -0.2) is 23.8 Å². The number of nitrogens with zero attached hydrogens (tertiary/aromatic N) is 5. The molecule has 22 heavy (non-hydrogen) atoms. The number of benzene rings is 1. The van der Waals surface area contributed by atoms with Crippen molar-refractivity contribution in [3.8, 4) is 0 Å². The van der Waals surface area contributed by atoms with E-state index in [1.165, 1.54) is 24.2 Å². The normalized spacial score (nSPS) is 11.0. The topological polar surface area (TPSA) is 74.8 Å². The van der Waals surface area contributed by atoms with Crippen LogP contribution in [0.5, 0.6) is 0 Å². The van der Waals surface area contributed by atoms with E-state index in [0.29, 0.717) is 17.9 Å². The first-order valence-electron chi connectivity index (χ1n) is 6.75. The molecule has 0 saturated carbocycles. The van der Waals surface area contributed by atoms with Crippen molar-refractivity contribution in [3.05, 3.63) is 42.0 Å². The predicted octanol–water partition coefficient (Wildman–Crippen LogP) is 1.62. The van der Waals surface area contributed by atoms with E-state index in [-0.39, 0.29) is 18.2 Å². The Kier molecular flexibility index (Phi) is 3.58. The molecule has 3 rings (SSSR count). The summed E-state index contributed by atoms with van der Waals surface area (Å²) < 4.78 is 21.8. The Morgan fingerprint density at radius 1 is 1.41 bits per heavy atom. The third-order valence-corrected chi connectivity index (χ3v) is 3.33. The summed E-state index contributed by atoms with van der Waals surface area (Å²) in [6.07, 6.45) is 1.42. The lowest BCUT2D eigenvalue weighted by atomic mass is 10.3. The number of para-hydroxylation sites is 1. The van der Waals surface area contributed by atoms with E-state index in [2.05, 4.69) is 19.8 Å². The highest BCUT2D eigenvalue weighted by Gasteiger charge is 2.15. The maximum atomic E-state index is 13.8. The SMILES string of the molecule is CCn1c(Cn2cnc(C(=O)OC)n2)nc2c(F)cccc21. The zero-order valence-corrected chi connectivity index (χ0v) is 12.2. The van der Waals surface area contributed by atoms with Crippen LogP contribution in [-0.2, 0) is 17.8 Å². The number of imidazole rings is 1. The first kappa shape index (κ1) is 14.2. The van der Waals surface area contributed by atoms with Crippen LogP contribution >= 0.6 is 0 Å². The first-order chi connectivity index (χ1) is 10.6. The Labute approximate surface area is 125 Å². The number of halogens is 1. The number of hydrogen-bond donors (Lipinski definition) is 0. The average molecular weight is 303 g/mol. The molecular formula is C14H14FN5O2. The van der Waals surface area contributed by atoms with Gasteiger partial charge in [0.15, 0.2) is 5.82 Å². The summed E-state index contributed by atoms with van der Waals surface area (Å²) in [4.78, 5) is 19.6. The van der Waals surface area contributed by atoms with Gasteiger partial charge in [-0.15, -0.1) is 5.10 Å². The monoisotopic (exact) mass is 303 g/mol. The van der Waals surface area contributed by atoms with Crippen LogP contribution in [0, 0.1) is 5.82 Å². The molecule has 0 bridgehead atoms. The second kappa shape index (κ2) is 5.55. The highest BCUT2D eigenvalue weighted by Crippen LogP contribution is 2.19. The van der Waals surface area contributed by atoms with Gasteiger partial charge in [0.1, 0.15) is 24.2 Å². The van der Waals surface area contributed by atoms with Crippen molar-refractivity contribution in [2.75, 3.05) is 7.11 Å². The number of rotatable bonds is 4. The highest BCUT2D eigenvalue weighted by atomic mass is 19.1. The van der Waals surface area contributed by atoms with Crippen molar-refractivity contribution in [2.45, 2.75) is 20.0 Å². The molecule has 114 valence electrons.